The summed E-state index contributed by atoms with van der Waals surface area (Å²) in [6.07, 6.45) is 5.94. The highest BCUT2D eigenvalue weighted by atomic mass is 32.1. The van der Waals surface area contributed by atoms with Crippen LogP contribution in [0, 0.1) is 17.7 Å². The van der Waals surface area contributed by atoms with Gasteiger partial charge in [-0.1, -0.05) is 37.2 Å². The minimum Gasteiger partial charge on any atom is -0.339 e. The summed E-state index contributed by atoms with van der Waals surface area (Å²) in [6.45, 7) is 8.59. The van der Waals surface area contributed by atoms with Crippen molar-refractivity contribution in [1.29, 1.82) is 0 Å². The van der Waals surface area contributed by atoms with E-state index in [1.165, 1.54) is 29.3 Å². The molecule has 5 rings (SSSR count). The van der Waals surface area contributed by atoms with E-state index in [-0.39, 0.29) is 28.2 Å². The normalized spacial score (nSPS) is 20.4. The molecule has 48 heavy (non-hydrogen) atoms. The second kappa shape index (κ2) is 15.7. The van der Waals surface area contributed by atoms with Gasteiger partial charge in [-0.2, -0.15) is 5.10 Å². The Morgan fingerprint density at radius 3 is 2.42 bits per heavy atom. The van der Waals surface area contributed by atoms with Crippen LogP contribution in [0.3, 0.4) is 0 Å². The molecule has 1 aliphatic heterocycles. The third-order valence-corrected chi connectivity index (χ3v) is 10.1. The van der Waals surface area contributed by atoms with Crippen LogP contribution in [0.2, 0.25) is 0 Å². The Morgan fingerprint density at radius 1 is 1.04 bits per heavy atom. The van der Waals surface area contributed by atoms with E-state index >= 15 is 4.39 Å². The molecule has 16 heteroatoms. The molecule has 1 saturated heterocycles. The number of halogens is 1. The van der Waals surface area contributed by atoms with E-state index in [9.17, 15) is 19.2 Å². The number of aryl methyl sites for hydroxylation is 1. The number of hydrogen-bond acceptors (Lipinski definition) is 10. The molecule has 1 saturated carbocycles. The number of hydrogen-bond donors (Lipinski definition) is 3. The van der Waals surface area contributed by atoms with Crippen molar-refractivity contribution in [2.45, 2.75) is 71.0 Å². The molecule has 0 spiro atoms. The maximum Gasteiger partial charge on any atom is 0.289 e. The highest BCUT2D eigenvalue weighted by Gasteiger charge is 2.36. The number of anilines is 1. The Balaban J connectivity index is 1.34. The van der Waals surface area contributed by atoms with E-state index in [0.29, 0.717) is 44.2 Å². The number of piperazine rings is 1. The van der Waals surface area contributed by atoms with Gasteiger partial charge in [0, 0.05) is 38.6 Å². The number of carbonyl (C=O) groups is 4. The average Bonchev–Trinajstić information content (AvgIpc) is 3.80. The van der Waals surface area contributed by atoms with E-state index < -0.39 is 41.5 Å². The molecule has 2 fully saturated rings. The molecule has 1 aromatic carbocycles. The SMILES string of the molecule is CCn1ncnc1C(=O)N[C@H](C(=O)Nc1ccc([C@H](C)[C@@H](NC(=O)c2cnns2)C(=O)N2CCN(C)CC2)cc1F)[C@H]1CC[C@H](C)CC1. The lowest BCUT2D eigenvalue weighted by atomic mass is 9.79. The molecule has 2 aromatic heterocycles. The van der Waals surface area contributed by atoms with Crippen molar-refractivity contribution in [3.63, 3.8) is 0 Å². The minimum absolute atomic E-state index is 0.0576. The number of amides is 4. The van der Waals surface area contributed by atoms with E-state index in [1.807, 2.05) is 14.0 Å². The van der Waals surface area contributed by atoms with Gasteiger partial charge in [-0.3, -0.25) is 19.2 Å². The van der Waals surface area contributed by atoms with Crippen LogP contribution in [0.4, 0.5) is 10.1 Å². The Kier molecular flexibility index (Phi) is 11.5. The second-order valence-electron chi connectivity index (χ2n) is 12.7. The number of benzene rings is 1. The van der Waals surface area contributed by atoms with E-state index in [1.54, 1.807) is 17.9 Å². The number of likely N-dealkylation sites (N-methyl/N-ethyl adjacent to an activating group) is 1. The minimum atomic E-state index is -0.985. The molecule has 0 unspecified atom stereocenters. The Hall–Kier alpha value is -4.31. The van der Waals surface area contributed by atoms with Gasteiger partial charge < -0.3 is 25.8 Å². The van der Waals surface area contributed by atoms with Gasteiger partial charge in [-0.25, -0.2) is 14.1 Å². The van der Waals surface area contributed by atoms with Gasteiger partial charge in [0.1, 0.15) is 29.1 Å². The lowest BCUT2D eigenvalue weighted by Gasteiger charge is -2.36. The lowest BCUT2D eigenvalue weighted by Crippen LogP contribution is -2.55. The fourth-order valence-electron chi connectivity index (χ4n) is 6.32. The number of aromatic nitrogens is 5. The second-order valence-corrected chi connectivity index (χ2v) is 13.5. The van der Waals surface area contributed by atoms with Crippen LogP contribution in [0.5, 0.6) is 0 Å². The molecular formula is C32H43FN10O4S. The number of nitrogens with zero attached hydrogens (tertiary/aromatic N) is 7. The molecular weight excluding hydrogens is 639 g/mol. The zero-order chi connectivity index (χ0) is 34.4. The molecule has 14 nitrogen and oxygen atoms in total. The Labute approximate surface area is 283 Å². The van der Waals surface area contributed by atoms with Crippen LogP contribution in [-0.2, 0) is 16.1 Å². The van der Waals surface area contributed by atoms with Crippen molar-refractivity contribution in [3.05, 3.63) is 52.8 Å². The summed E-state index contributed by atoms with van der Waals surface area (Å²) in [4.78, 5) is 61.8. The first-order valence-corrected chi connectivity index (χ1v) is 17.2. The maximum atomic E-state index is 15.7. The first kappa shape index (κ1) is 35.0. The van der Waals surface area contributed by atoms with Crippen LogP contribution in [-0.4, -0.2) is 103 Å². The number of rotatable bonds is 11. The highest BCUT2D eigenvalue weighted by molar-refractivity contribution is 7.07. The first-order chi connectivity index (χ1) is 23.0. The number of nitrogens with one attached hydrogen (secondary N) is 3. The average molecular weight is 683 g/mol. The molecule has 258 valence electrons. The Bertz CT molecular complexity index is 1580. The summed E-state index contributed by atoms with van der Waals surface area (Å²) in [5, 5.41) is 16.1. The molecule has 0 radical (unpaired) electrons. The van der Waals surface area contributed by atoms with Crippen LogP contribution >= 0.6 is 11.5 Å². The molecule has 3 heterocycles. The first-order valence-electron chi connectivity index (χ1n) is 16.4. The molecule has 0 bridgehead atoms. The lowest BCUT2D eigenvalue weighted by molar-refractivity contribution is -0.135. The van der Waals surface area contributed by atoms with Crippen molar-refractivity contribution < 1.29 is 23.6 Å². The highest BCUT2D eigenvalue weighted by Crippen LogP contribution is 2.32. The smallest absolute Gasteiger partial charge is 0.289 e. The van der Waals surface area contributed by atoms with E-state index in [4.69, 9.17) is 0 Å². The molecule has 3 N–H and O–H groups in total. The van der Waals surface area contributed by atoms with Crippen LogP contribution in [0.15, 0.2) is 30.7 Å². The summed E-state index contributed by atoms with van der Waals surface area (Å²) in [6, 6.07) is 2.45. The fraction of sp³-hybridized carbons (Fsp3) is 0.562. The summed E-state index contributed by atoms with van der Waals surface area (Å²) < 4.78 is 20.9. The van der Waals surface area contributed by atoms with Crippen molar-refractivity contribution in [2.75, 3.05) is 38.5 Å². The summed E-state index contributed by atoms with van der Waals surface area (Å²) >= 11 is 0.916. The van der Waals surface area contributed by atoms with Crippen molar-refractivity contribution >= 4 is 40.8 Å². The fourth-order valence-corrected chi connectivity index (χ4v) is 6.73. The zero-order valence-electron chi connectivity index (χ0n) is 27.7. The van der Waals surface area contributed by atoms with Gasteiger partial charge in [0.25, 0.3) is 11.8 Å². The molecule has 3 aromatic rings. The molecule has 1 aliphatic carbocycles. The van der Waals surface area contributed by atoms with Crippen molar-refractivity contribution in [1.82, 2.24) is 44.8 Å². The Morgan fingerprint density at radius 2 is 1.77 bits per heavy atom. The zero-order valence-corrected chi connectivity index (χ0v) is 28.5. The largest absolute Gasteiger partial charge is 0.339 e. The summed E-state index contributed by atoms with van der Waals surface area (Å²) in [5.41, 5.74) is 0.406. The van der Waals surface area contributed by atoms with Gasteiger partial charge in [0.15, 0.2) is 0 Å². The van der Waals surface area contributed by atoms with E-state index in [2.05, 4.69) is 47.4 Å². The van der Waals surface area contributed by atoms with E-state index in [0.717, 1.165) is 37.2 Å². The van der Waals surface area contributed by atoms with Crippen LogP contribution in [0.1, 0.15) is 78.2 Å². The molecule has 4 amide bonds. The maximum absolute atomic E-state index is 15.7. The van der Waals surface area contributed by atoms with Gasteiger partial charge in [-0.15, -0.1) is 5.10 Å². The standard InChI is InChI=1S/C32H43FN10O4S/c1-5-43-28(34-18-36-43)31(46)39-27(21-8-6-19(2)7-9-21)30(45)37-24-11-10-22(16-23(24)33)20(3)26(38-29(44)25-17-35-40-48-25)32(47)42-14-12-41(4)13-15-42/h10-11,16-21,26-27H,5-9,12-15H2,1-4H3,(H,37,45)(H,38,44)(H,39,46)/t19-,20-,21-,26+,27-/m0/s1. The predicted molar refractivity (Wildman–Crippen MR) is 177 cm³/mol. The monoisotopic (exact) mass is 682 g/mol. The molecule has 2 aliphatic rings. The van der Waals surface area contributed by atoms with Crippen molar-refractivity contribution in [3.8, 4) is 0 Å². The van der Waals surface area contributed by atoms with Crippen molar-refractivity contribution in [2.24, 2.45) is 11.8 Å². The van der Waals surface area contributed by atoms with Gasteiger partial charge in [-0.05, 0) is 67.9 Å². The molecule has 3 atom stereocenters. The quantitative estimate of drug-likeness (QED) is 0.275. The van der Waals surface area contributed by atoms with Gasteiger partial charge >= 0.3 is 0 Å². The predicted octanol–water partition coefficient (Wildman–Crippen LogP) is 2.53. The van der Waals surface area contributed by atoms with Crippen LogP contribution in [0.25, 0.3) is 0 Å². The number of carbonyl (C=O) groups excluding carboxylic acids is 4. The summed E-state index contributed by atoms with van der Waals surface area (Å²) in [7, 11) is 1.98. The van der Waals surface area contributed by atoms with Gasteiger partial charge in [0.2, 0.25) is 17.6 Å². The van der Waals surface area contributed by atoms with Crippen LogP contribution < -0.4 is 16.0 Å². The third-order valence-electron chi connectivity index (χ3n) is 9.45. The summed E-state index contributed by atoms with van der Waals surface area (Å²) in [5.74, 6) is -2.64. The topological polar surface area (TPSA) is 167 Å². The van der Waals surface area contributed by atoms with Gasteiger partial charge in [0.05, 0.1) is 11.9 Å². The third kappa shape index (κ3) is 8.21.